The number of amides is 7. The maximum Gasteiger partial charge on any atom is 0.416 e. The van der Waals surface area contributed by atoms with Gasteiger partial charge in [0.05, 0.1) is 64.2 Å². The van der Waals surface area contributed by atoms with Crippen LogP contribution in [0.15, 0.2) is 163 Å². The summed E-state index contributed by atoms with van der Waals surface area (Å²) in [5, 5.41) is 9.46. The lowest BCUT2D eigenvalue weighted by Gasteiger charge is -2.14. The van der Waals surface area contributed by atoms with Gasteiger partial charge < -0.3 is 61.2 Å². The Balaban J connectivity index is 0.000000165. The number of carbonyl (C=O) groups excluding carboxylic acids is 6. The first-order chi connectivity index (χ1) is 52.2. The van der Waals surface area contributed by atoms with Crippen LogP contribution < -0.4 is 56.3 Å². The highest BCUT2D eigenvalue weighted by molar-refractivity contribution is 7.90. The summed E-state index contributed by atoms with van der Waals surface area (Å²) in [6, 6.07) is 33.7. The number of nitrogens with zero attached hydrogens (tertiary/aromatic N) is 7. The van der Waals surface area contributed by atoms with Gasteiger partial charge in [-0.1, -0.05) is 54.6 Å². The van der Waals surface area contributed by atoms with E-state index in [-0.39, 0.29) is 77.7 Å². The van der Waals surface area contributed by atoms with E-state index in [1.165, 1.54) is 99.7 Å². The van der Waals surface area contributed by atoms with E-state index < -0.39 is 80.3 Å². The van der Waals surface area contributed by atoms with Gasteiger partial charge >= 0.3 is 28.5 Å². The molecule has 6 aromatic heterocycles. The lowest BCUT2D eigenvalue weighted by atomic mass is 10.1. The second-order valence-corrected chi connectivity index (χ2v) is 30.8. The minimum absolute atomic E-state index is 0.00748. The van der Waals surface area contributed by atoms with Gasteiger partial charge in [0.15, 0.2) is 17.2 Å². The molecular formula is C71H63F6N13O15S5. The molecule has 1 saturated heterocycles. The van der Waals surface area contributed by atoms with Gasteiger partial charge in [-0.05, 0) is 67.1 Å². The fraction of sp³-hybridized carbons (Fsp3) is 0.197. The number of hydrogen-bond acceptors (Lipinski definition) is 21. The van der Waals surface area contributed by atoms with Crippen LogP contribution in [0.4, 0.5) is 31.1 Å². The Labute approximate surface area is 632 Å². The van der Waals surface area contributed by atoms with Gasteiger partial charge in [-0.25, -0.2) is 28.2 Å². The number of rotatable bonds is 25. The van der Waals surface area contributed by atoms with Gasteiger partial charge in [-0.15, -0.1) is 34.0 Å². The third kappa shape index (κ3) is 18.2. The third-order valence-electron chi connectivity index (χ3n) is 16.5. The maximum absolute atomic E-state index is 13.4. The zero-order chi connectivity index (χ0) is 79.1. The van der Waals surface area contributed by atoms with E-state index in [1.807, 2.05) is 0 Å². The Morgan fingerprint density at radius 1 is 0.545 bits per heavy atom. The molecule has 39 heteroatoms. The number of nitrogens with two attached hydrogens (primary N) is 3. The fourth-order valence-electron chi connectivity index (χ4n) is 11.1. The number of imidazole rings is 3. The van der Waals surface area contributed by atoms with Crippen molar-refractivity contribution < 1.29 is 95.1 Å². The molecule has 13 rings (SSSR count). The van der Waals surface area contributed by atoms with Crippen molar-refractivity contribution in [3.05, 3.63) is 212 Å². The molecular weight excluding hydrogens is 1550 g/mol. The molecule has 6 aromatic carbocycles. The molecule has 12 aromatic rings. The Morgan fingerprint density at radius 3 is 1.42 bits per heavy atom. The molecule has 0 spiro atoms. The van der Waals surface area contributed by atoms with Crippen molar-refractivity contribution in [2.24, 2.45) is 17.2 Å². The number of urea groups is 1. The summed E-state index contributed by atoms with van der Waals surface area (Å²) < 4.78 is 160. The van der Waals surface area contributed by atoms with E-state index in [1.54, 1.807) is 86.4 Å². The highest BCUT2D eigenvalue weighted by Gasteiger charge is 2.35. The van der Waals surface area contributed by atoms with Gasteiger partial charge in [0.2, 0.25) is 0 Å². The molecule has 28 nitrogen and oxygen atoms in total. The molecule has 574 valence electrons. The number of fused-ring (bicyclic) bond motifs is 3. The van der Waals surface area contributed by atoms with Crippen molar-refractivity contribution >= 4 is 123 Å². The monoisotopic (exact) mass is 1610 g/mol. The van der Waals surface area contributed by atoms with E-state index >= 15 is 0 Å². The summed E-state index contributed by atoms with van der Waals surface area (Å²) in [6.45, 7) is 2.62. The molecule has 0 unspecified atom stereocenters. The van der Waals surface area contributed by atoms with Crippen LogP contribution in [-0.2, 0) is 45.5 Å². The van der Waals surface area contributed by atoms with Gasteiger partial charge in [0.25, 0.3) is 29.5 Å². The fourth-order valence-corrected chi connectivity index (χ4v) is 15.6. The molecule has 0 saturated carbocycles. The number of sulfone groups is 1. The van der Waals surface area contributed by atoms with Crippen molar-refractivity contribution in [1.82, 2.24) is 49.5 Å². The Morgan fingerprint density at radius 2 is 0.973 bits per heavy atom. The zero-order valence-corrected chi connectivity index (χ0v) is 62.0. The first kappa shape index (κ1) is 79.0. The number of ether oxygens (including phenoxy) is 4. The average molecular weight is 1610 g/mol. The topological polar surface area (TPSA) is 388 Å². The smallest absolute Gasteiger partial charge is 0.416 e. The van der Waals surface area contributed by atoms with Crippen LogP contribution in [0, 0.1) is 6.92 Å². The Hall–Kier alpha value is -12.1. The minimum Gasteiger partial charge on any atom is -0.493 e. The summed E-state index contributed by atoms with van der Waals surface area (Å²) >= 11 is 2.97. The highest BCUT2D eigenvalue weighted by Crippen LogP contribution is 2.41. The molecule has 1 aliphatic heterocycles. The molecule has 1 fully saturated rings. The lowest BCUT2D eigenvalue weighted by Crippen LogP contribution is -2.36. The lowest BCUT2D eigenvalue weighted by molar-refractivity contribution is -0.139. The largest absolute Gasteiger partial charge is 0.493 e. The van der Waals surface area contributed by atoms with E-state index in [2.05, 4.69) is 30.9 Å². The molecule has 110 heavy (non-hydrogen) atoms. The molecule has 0 aliphatic carbocycles. The molecule has 9 N–H and O–H groups in total. The van der Waals surface area contributed by atoms with E-state index in [0.29, 0.717) is 96.9 Å². The summed E-state index contributed by atoms with van der Waals surface area (Å²) in [4.78, 5) is 87.4. The predicted octanol–water partition coefficient (Wildman–Crippen LogP) is 10.4. The van der Waals surface area contributed by atoms with Crippen molar-refractivity contribution in [1.29, 1.82) is 0 Å². The Bertz CT molecular complexity index is 5770. The van der Waals surface area contributed by atoms with E-state index in [4.69, 9.17) is 40.3 Å². The second-order valence-electron chi connectivity index (χ2n) is 23.9. The number of carbonyl (C=O) groups is 6. The molecule has 7 heterocycles. The summed E-state index contributed by atoms with van der Waals surface area (Å²) in [7, 11) is -4.36. The predicted molar refractivity (Wildman–Crippen MR) is 395 cm³/mol. The summed E-state index contributed by atoms with van der Waals surface area (Å²) in [5.41, 5.74) is 19.2. The number of nitrogens with one attached hydrogen (secondary N) is 3. The van der Waals surface area contributed by atoms with Crippen molar-refractivity contribution in [2.75, 3.05) is 59.0 Å². The van der Waals surface area contributed by atoms with Crippen LogP contribution in [0.3, 0.4) is 0 Å². The number of benzene rings is 6. The minimum atomic E-state index is -4.56. The molecule has 0 radical (unpaired) electrons. The van der Waals surface area contributed by atoms with Crippen LogP contribution in [0.2, 0.25) is 0 Å². The summed E-state index contributed by atoms with van der Waals surface area (Å²) in [5.74, 6) is -2.44. The first-order valence-corrected chi connectivity index (χ1v) is 38.3. The highest BCUT2D eigenvalue weighted by atomic mass is 32.2. The normalized spacial score (nSPS) is 12.4. The number of primary amides is 3. The SMILES string of the molecule is COc1cc2ncn(-c3cc(OS(=O)(=O)c4ccccc4C)c(C(N)=O)s3)c2cc1OC.CS(=O)(=O)CCNC(=O)c1ccc2c(c1)ncn2-c1cc(OCc2ccccc2C(F)(F)F)c(C(N)=O)s1.NC(=O)c1sc(-n2cnc3cc(C(=O)NCCN4CCNC4=O)ccc32)cc1OCc1ccccc1C(F)(F)F. The maximum atomic E-state index is 13.4. The standard InChI is InChI=1S/C26H23F3N6O4S.C24H21F3N4O5S2.C21H19N3O6S2/c27-26(28,29)17-4-2-1-3-16(17)13-39-20-12-21(40-22(20)23(30)36)35-14-33-18-11-15(5-6-19(18)35)24(37)31-7-9-34-10-8-32-25(34)38;1-38(34,35)9-8-29-23(33)14-6-7-18-17(10-14)30-13-31(18)20-11-19(21(37-20)22(28)32)36-12-15-4-2-3-5-16(15)24(25,26)27;1-12-6-4-5-7-18(12)32(26,27)30-17-10-19(31-20(17)21(22)25)24-11-23-13-8-15(28-2)16(29-3)9-14(13)24/h1-6,11-12,14H,7-10,13H2,(H2,30,36)(H,31,37)(H,32,38);2-7,10-11,13H,8-9,12H2,1H3,(H2,28,32)(H,29,33);4-11H,1-3H3,(H2,22,25). The van der Waals surface area contributed by atoms with Gasteiger partial charge in [0.1, 0.15) is 88.1 Å². The molecule has 7 amide bonds. The van der Waals surface area contributed by atoms with Crippen molar-refractivity contribution in [2.45, 2.75) is 37.4 Å². The number of methoxy groups -OCH3 is 2. The quantitative estimate of drug-likeness (QED) is 0.0229. The van der Waals surface area contributed by atoms with E-state index in [9.17, 15) is 71.9 Å². The average Bonchev–Trinajstić information content (AvgIpc) is 1.64. The van der Waals surface area contributed by atoms with Gasteiger partial charge in [0, 0.05) is 91.6 Å². The molecule has 0 bridgehead atoms. The van der Waals surface area contributed by atoms with Gasteiger partial charge in [-0.2, -0.15) is 34.8 Å². The second kappa shape index (κ2) is 32.8. The zero-order valence-electron chi connectivity index (χ0n) is 58.0. The number of aryl methyl sites for hydroxylation is 1. The third-order valence-corrected chi connectivity index (χ3v) is 22.2. The van der Waals surface area contributed by atoms with Crippen LogP contribution >= 0.6 is 34.0 Å². The number of aromatic nitrogens is 6. The van der Waals surface area contributed by atoms with Crippen LogP contribution in [0.25, 0.3) is 48.1 Å². The number of thiophene rings is 3. The summed E-state index contributed by atoms with van der Waals surface area (Å²) in [6.07, 6.45) is -3.55. The number of halogens is 6. The molecule has 0 atom stereocenters. The Kier molecular flexibility index (Phi) is 23.5. The molecule has 1 aliphatic rings. The van der Waals surface area contributed by atoms with Gasteiger partial charge in [-0.3, -0.25) is 37.7 Å². The van der Waals surface area contributed by atoms with Crippen LogP contribution in [-0.4, -0.2) is 145 Å². The number of hydrogen-bond donors (Lipinski definition) is 6. The van der Waals surface area contributed by atoms with Crippen molar-refractivity contribution in [3.8, 4) is 43.8 Å². The van der Waals surface area contributed by atoms with Crippen molar-refractivity contribution in [3.63, 3.8) is 0 Å². The number of alkyl halides is 6. The van der Waals surface area contributed by atoms with E-state index in [0.717, 1.165) is 52.4 Å². The van der Waals surface area contributed by atoms with Crippen LogP contribution in [0.5, 0.6) is 28.7 Å². The van der Waals surface area contributed by atoms with Crippen LogP contribution in [0.1, 0.15) is 77.5 Å². The first-order valence-electron chi connectivity index (χ1n) is 32.4.